The van der Waals surface area contributed by atoms with E-state index >= 15 is 0 Å². The summed E-state index contributed by atoms with van der Waals surface area (Å²) in [4.78, 5) is 37.3. The standard InChI is InChI=1S/C23H26N4O7S/c1-5-11-33-23(30)17-13(2)19(20(24)28)35-22(17)25-21(29)14-9-10-27(26-14)12-34-18-15(31-3)7-6-8-16(18)32-4/h6-10H,5,11-12H2,1-4H3,(H2,24,28)(H,25,29). The number of methoxy groups -OCH3 is 2. The fraction of sp³-hybridized carbons (Fsp3) is 0.304. The van der Waals surface area contributed by atoms with Crippen LogP contribution in [-0.2, 0) is 11.5 Å². The van der Waals surface area contributed by atoms with Gasteiger partial charge in [0.1, 0.15) is 5.00 Å². The van der Waals surface area contributed by atoms with E-state index < -0.39 is 17.8 Å². The minimum atomic E-state index is -0.703. The Morgan fingerprint density at radius 1 is 1.14 bits per heavy atom. The van der Waals surface area contributed by atoms with Gasteiger partial charge in [0.25, 0.3) is 11.8 Å². The Morgan fingerprint density at radius 2 is 1.83 bits per heavy atom. The molecule has 0 atom stereocenters. The normalized spacial score (nSPS) is 10.5. The van der Waals surface area contributed by atoms with Crippen LogP contribution < -0.4 is 25.3 Å². The Hall–Kier alpha value is -4.06. The third-order valence-electron chi connectivity index (χ3n) is 4.84. The first-order valence-electron chi connectivity index (χ1n) is 10.6. The van der Waals surface area contributed by atoms with E-state index in [1.165, 1.54) is 25.0 Å². The van der Waals surface area contributed by atoms with Crippen molar-refractivity contribution in [2.45, 2.75) is 27.0 Å². The molecule has 12 heteroatoms. The van der Waals surface area contributed by atoms with Gasteiger partial charge in [-0.1, -0.05) is 13.0 Å². The minimum Gasteiger partial charge on any atom is -0.493 e. The van der Waals surface area contributed by atoms with Crippen molar-refractivity contribution >= 4 is 34.1 Å². The number of para-hydroxylation sites is 1. The quantitative estimate of drug-likeness (QED) is 0.380. The molecule has 0 saturated carbocycles. The number of nitrogens with one attached hydrogen (secondary N) is 1. The lowest BCUT2D eigenvalue weighted by atomic mass is 10.1. The van der Waals surface area contributed by atoms with Crippen molar-refractivity contribution in [2.24, 2.45) is 5.73 Å². The lowest BCUT2D eigenvalue weighted by Gasteiger charge is -2.13. The van der Waals surface area contributed by atoms with Crippen molar-refractivity contribution in [3.8, 4) is 17.2 Å². The van der Waals surface area contributed by atoms with Crippen molar-refractivity contribution in [1.29, 1.82) is 0 Å². The fourth-order valence-electron chi connectivity index (χ4n) is 3.16. The van der Waals surface area contributed by atoms with Gasteiger partial charge >= 0.3 is 5.97 Å². The molecule has 2 amide bonds. The molecule has 35 heavy (non-hydrogen) atoms. The Morgan fingerprint density at radius 3 is 2.43 bits per heavy atom. The molecule has 0 aliphatic rings. The van der Waals surface area contributed by atoms with Crippen LogP contribution in [0.15, 0.2) is 30.5 Å². The van der Waals surface area contributed by atoms with E-state index in [1.54, 1.807) is 31.3 Å². The summed E-state index contributed by atoms with van der Waals surface area (Å²) < 4.78 is 23.0. The van der Waals surface area contributed by atoms with Crippen molar-refractivity contribution < 1.29 is 33.3 Å². The highest BCUT2D eigenvalue weighted by Crippen LogP contribution is 2.37. The van der Waals surface area contributed by atoms with Crippen LogP contribution in [0.3, 0.4) is 0 Å². The Kier molecular flexibility index (Phi) is 8.31. The van der Waals surface area contributed by atoms with Crippen molar-refractivity contribution in [3.63, 3.8) is 0 Å². The van der Waals surface area contributed by atoms with Gasteiger partial charge in [0.05, 0.1) is 31.3 Å². The molecule has 0 spiro atoms. The maximum atomic E-state index is 12.9. The monoisotopic (exact) mass is 502 g/mol. The first-order chi connectivity index (χ1) is 16.8. The van der Waals surface area contributed by atoms with Crippen molar-refractivity contribution in [3.05, 3.63) is 52.2 Å². The second-order valence-electron chi connectivity index (χ2n) is 7.22. The van der Waals surface area contributed by atoms with Crippen LogP contribution in [0.2, 0.25) is 0 Å². The third kappa shape index (κ3) is 5.72. The molecule has 0 aliphatic carbocycles. The van der Waals surface area contributed by atoms with Crippen LogP contribution in [0, 0.1) is 6.92 Å². The predicted octanol–water partition coefficient (Wildman–Crippen LogP) is 3.22. The summed E-state index contributed by atoms with van der Waals surface area (Å²) in [5, 5.41) is 7.01. The largest absolute Gasteiger partial charge is 0.493 e. The predicted molar refractivity (Wildman–Crippen MR) is 129 cm³/mol. The maximum absolute atomic E-state index is 12.9. The second kappa shape index (κ2) is 11.4. The van der Waals surface area contributed by atoms with Crippen molar-refractivity contribution in [2.75, 3.05) is 26.1 Å². The van der Waals surface area contributed by atoms with Crippen LogP contribution in [0.5, 0.6) is 17.2 Å². The summed E-state index contributed by atoms with van der Waals surface area (Å²) in [7, 11) is 3.03. The zero-order chi connectivity index (χ0) is 25.5. The van der Waals surface area contributed by atoms with Gasteiger partial charge < -0.3 is 30.0 Å². The average molecular weight is 503 g/mol. The van der Waals surface area contributed by atoms with E-state index in [0.717, 1.165) is 11.3 Å². The number of nitrogens with zero attached hydrogens (tertiary/aromatic N) is 2. The molecule has 3 aromatic rings. The van der Waals surface area contributed by atoms with Crippen LogP contribution in [0.25, 0.3) is 0 Å². The van der Waals surface area contributed by atoms with E-state index in [0.29, 0.717) is 29.2 Å². The summed E-state index contributed by atoms with van der Waals surface area (Å²) in [5.74, 6) is -0.577. The number of amides is 2. The van der Waals surface area contributed by atoms with Crippen LogP contribution >= 0.6 is 11.3 Å². The number of anilines is 1. The molecule has 0 unspecified atom stereocenters. The summed E-state index contributed by atoms with van der Waals surface area (Å²) in [6.45, 7) is 3.61. The lowest BCUT2D eigenvalue weighted by molar-refractivity contribution is 0.0506. The molecular formula is C23H26N4O7S. The number of rotatable bonds is 11. The summed E-state index contributed by atoms with van der Waals surface area (Å²) in [6, 6.07) is 6.71. The zero-order valence-corrected chi connectivity index (χ0v) is 20.6. The van der Waals surface area contributed by atoms with Gasteiger partial charge in [0, 0.05) is 6.20 Å². The van der Waals surface area contributed by atoms with E-state index in [4.69, 9.17) is 24.7 Å². The van der Waals surface area contributed by atoms with Gasteiger partial charge in [-0.15, -0.1) is 11.3 Å². The molecular weight excluding hydrogens is 476 g/mol. The van der Waals surface area contributed by atoms with Gasteiger partial charge in [-0.2, -0.15) is 5.10 Å². The molecule has 2 heterocycles. The Balaban J connectivity index is 1.77. The number of nitrogens with two attached hydrogens (primary N) is 1. The van der Waals surface area contributed by atoms with E-state index in [1.807, 2.05) is 6.92 Å². The highest BCUT2D eigenvalue weighted by Gasteiger charge is 2.26. The van der Waals surface area contributed by atoms with E-state index in [2.05, 4.69) is 10.4 Å². The molecule has 3 N–H and O–H groups in total. The number of carbonyl (C=O) groups excluding carboxylic acids is 3. The van der Waals surface area contributed by atoms with Gasteiger partial charge in [0.15, 0.2) is 23.9 Å². The van der Waals surface area contributed by atoms with Crippen molar-refractivity contribution in [1.82, 2.24) is 9.78 Å². The molecule has 1 aromatic carbocycles. The number of esters is 1. The van der Waals surface area contributed by atoms with E-state index in [9.17, 15) is 14.4 Å². The molecule has 0 aliphatic heterocycles. The van der Waals surface area contributed by atoms with Gasteiger partial charge in [-0.25, -0.2) is 9.48 Å². The maximum Gasteiger partial charge on any atom is 0.341 e. The summed E-state index contributed by atoms with van der Waals surface area (Å²) in [6.07, 6.45) is 2.18. The summed E-state index contributed by atoms with van der Waals surface area (Å²) in [5.41, 5.74) is 5.94. The number of aromatic nitrogens is 2. The molecule has 0 bridgehead atoms. The number of primary amides is 1. The van der Waals surface area contributed by atoms with Gasteiger partial charge in [-0.05, 0) is 37.1 Å². The minimum absolute atomic E-state index is 0.0253. The summed E-state index contributed by atoms with van der Waals surface area (Å²) >= 11 is 0.907. The molecule has 3 rings (SSSR count). The topological polar surface area (TPSA) is 144 Å². The Bertz CT molecular complexity index is 1210. The third-order valence-corrected chi connectivity index (χ3v) is 6.06. The highest BCUT2D eigenvalue weighted by atomic mass is 32.1. The number of ether oxygens (including phenoxy) is 4. The highest BCUT2D eigenvalue weighted by molar-refractivity contribution is 7.18. The number of hydrogen-bond acceptors (Lipinski definition) is 9. The molecule has 186 valence electrons. The first kappa shape index (κ1) is 25.6. The van der Waals surface area contributed by atoms with Crippen LogP contribution in [0.4, 0.5) is 5.00 Å². The number of thiophene rings is 1. The molecule has 0 radical (unpaired) electrons. The molecule has 2 aromatic heterocycles. The molecule has 11 nitrogen and oxygen atoms in total. The number of benzene rings is 1. The number of hydrogen-bond donors (Lipinski definition) is 2. The molecule has 0 fully saturated rings. The Labute approximate surface area is 205 Å². The van der Waals surface area contributed by atoms with E-state index in [-0.39, 0.29) is 34.5 Å². The second-order valence-corrected chi connectivity index (χ2v) is 8.24. The fourth-order valence-corrected chi connectivity index (χ4v) is 4.20. The lowest BCUT2D eigenvalue weighted by Crippen LogP contribution is -2.16. The first-order valence-corrected chi connectivity index (χ1v) is 11.4. The smallest absolute Gasteiger partial charge is 0.341 e. The SMILES string of the molecule is CCCOC(=O)c1c(NC(=O)c2ccn(COc3c(OC)cccc3OC)n2)sc(C(N)=O)c1C. The number of carbonyl (C=O) groups is 3. The van der Waals surface area contributed by atoms with Crippen LogP contribution in [-0.4, -0.2) is 48.4 Å². The molecule has 0 saturated heterocycles. The van der Waals surface area contributed by atoms with Crippen LogP contribution in [0.1, 0.15) is 49.4 Å². The zero-order valence-electron chi connectivity index (χ0n) is 19.7. The van der Waals surface area contributed by atoms with Gasteiger partial charge in [-0.3, -0.25) is 9.59 Å². The average Bonchev–Trinajstić information content (AvgIpc) is 3.45. The van der Waals surface area contributed by atoms with Gasteiger partial charge in [0.2, 0.25) is 5.75 Å².